The summed E-state index contributed by atoms with van der Waals surface area (Å²) >= 11 is 0. The second-order valence-electron chi connectivity index (χ2n) is 4.46. The van der Waals surface area contributed by atoms with Crippen molar-refractivity contribution < 1.29 is 14.7 Å². The van der Waals surface area contributed by atoms with Crippen LogP contribution in [0.15, 0.2) is 18.3 Å². The Bertz CT molecular complexity index is 671. The molecule has 0 unspecified atom stereocenters. The van der Waals surface area contributed by atoms with E-state index < -0.39 is 11.9 Å². The third-order valence-corrected chi connectivity index (χ3v) is 2.72. The van der Waals surface area contributed by atoms with Crippen molar-refractivity contribution >= 4 is 17.7 Å². The number of aryl methyl sites for hydroxylation is 3. The Kier molecular flexibility index (Phi) is 3.51. The van der Waals surface area contributed by atoms with Crippen LogP contribution in [0.2, 0.25) is 0 Å². The molecule has 1 amide bonds. The third-order valence-electron chi connectivity index (χ3n) is 2.72. The molecule has 20 heavy (non-hydrogen) atoms. The van der Waals surface area contributed by atoms with Gasteiger partial charge < -0.3 is 10.4 Å². The molecule has 104 valence electrons. The van der Waals surface area contributed by atoms with E-state index in [1.54, 1.807) is 6.07 Å². The average molecular weight is 274 g/mol. The van der Waals surface area contributed by atoms with Gasteiger partial charge in [0, 0.05) is 12.7 Å². The van der Waals surface area contributed by atoms with E-state index >= 15 is 0 Å². The number of hydrogen-bond acceptors (Lipinski definition) is 4. The molecule has 2 N–H and O–H groups in total. The van der Waals surface area contributed by atoms with E-state index in [0.717, 1.165) is 17.5 Å². The van der Waals surface area contributed by atoms with Crippen molar-refractivity contribution in [1.82, 2.24) is 14.8 Å². The maximum Gasteiger partial charge on any atom is 0.339 e. The lowest BCUT2D eigenvalue weighted by molar-refractivity contribution is 0.0692. The maximum atomic E-state index is 12.2. The van der Waals surface area contributed by atoms with Crippen LogP contribution in [-0.2, 0) is 7.05 Å². The lowest BCUT2D eigenvalue weighted by atomic mass is 10.2. The molecule has 0 spiro atoms. The van der Waals surface area contributed by atoms with Gasteiger partial charge in [0.15, 0.2) is 0 Å². The first-order valence-electron chi connectivity index (χ1n) is 5.90. The monoisotopic (exact) mass is 274 g/mol. The minimum Gasteiger partial charge on any atom is -0.478 e. The Morgan fingerprint density at radius 1 is 1.30 bits per heavy atom. The molecule has 0 radical (unpaired) electrons. The van der Waals surface area contributed by atoms with Crippen molar-refractivity contribution in [1.29, 1.82) is 0 Å². The zero-order valence-corrected chi connectivity index (χ0v) is 11.3. The molecule has 2 aromatic heterocycles. The normalized spacial score (nSPS) is 10.3. The van der Waals surface area contributed by atoms with Gasteiger partial charge in [-0.1, -0.05) is 0 Å². The van der Waals surface area contributed by atoms with E-state index in [9.17, 15) is 9.59 Å². The number of carboxylic acid groups (broad SMARTS) is 1. The number of nitrogens with one attached hydrogen (secondary N) is 1. The topological polar surface area (TPSA) is 97.1 Å². The molecular weight excluding hydrogens is 260 g/mol. The van der Waals surface area contributed by atoms with Gasteiger partial charge in [0.1, 0.15) is 17.1 Å². The van der Waals surface area contributed by atoms with Gasteiger partial charge in [-0.25, -0.2) is 9.78 Å². The molecule has 2 heterocycles. The first-order valence-corrected chi connectivity index (χ1v) is 5.90. The molecule has 2 rings (SSSR count). The molecule has 0 bridgehead atoms. The number of amides is 1. The van der Waals surface area contributed by atoms with Crippen LogP contribution >= 0.6 is 0 Å². The largest absolute Gasteiger partial charge is 0.478 e. The number of carbonyl (C=O) groups is 2. The van der Waals surface area contributed by atoms with Gasteiger partial charge in [-0.2, -0.15) is 5.10 Å². The number of hydrogen-bond donors (Lipinski definition) is 2. The SMILES string of the molecule is Cc1cc(C)nc(NC(=O)c2c(C(=O)O)cnn2C)c1. The summed E-state index contributed by atoms with van der Waals surface area (Å²) in [6, 6.07) is 3.59. The van der Waals surface area contributed by atoms with Gasteiger partial charge in [0.05, 0.1) is 6.20 Å². The third kappa shape index (κ3) is 2.66. The molecule has 0 atom stereocenters. The quantitative estimate of drug-likeness (QED) is 0.881. The van der Waals surface area contributed by atoms with Gasteiger partial charge in [-0.15, -0.1) is 0 Å². The van der Waals surface area contributed by atoms with Crippen LogP contribution in [0.3, 0.4) is 0 Å². The summed E-state index contributed by atoms with van der Waals surface area (Å²) in [6.07, 6.45) is 1.15. The number of pyridine rings is 1. The Labute approximate surface area is 115 Å². The van der Waals surface area contributed by atoms with Crippen LogP contribution in [0.25, 0.3) is 0 Å². The van der Waals surface area contributed by atoms with Crippen LogP contribution in [0.1, 0.15) is 32.1 Å². The van der Waals surface area contributed by atoms with Gasteiger partial charge in [0.25, 0.3) is 5.91 Å². The number of carboxylic acids is 1. The Morgan fingerprint density at radius 3 is 2.60 bits per heavy atom. The van der Waals surface area contributed by atoms with E-state index in [-0.39, 0.29) is 11.3 Å². The van der Waals surface area contributed by atoms with E-state index in [4.69, 9.17) is 5.11 Å². The number of rotatable bonds is 3. The molecule has 0 aliphatic carbocycles. The molecule has 0 aliphatic heterocycles. The first-order chi connectivity index (χ1) is 9.38. The molecule has 0 aromatic carbocycles. The van der Waals surface area contributed by atoms with Crippen molar-refractivity contribution in [2.75, 3.05) is 5.32 Å². The van der Waals surface area contributed by atoms with Gasteiger partial charge in [0.2, 0.25) is 0 Å². The highest BCUT2D eigenvalue weighted by molar-refractivity contribution is 6.09. The van der Waals surface area contributed by atoms with Crippen LogP contribution in [0.4, 0.5) is 5.82 Å². The molecular formula is C13H14N4O3. The zero-order chi connectivity index (χ0) is 14.9. The lowest BCUT2D eigenvalue weighted by Crippen LogP contribution is -2.20. The molecule has 0 fully saturated rings. The van der Waals surface area contributed by atoms with Gasteiger partial charge in [-0.3, -0.25) is 9.48 Å². The summed E-state index contributed by atoms with van der Waals surface area (Å²) < 4.78 is 1.22. The fraction of sp³-hybridized carbons (Fsp3) is 0.231. The second-order valence-corrected chi connectivity index (χ2v) is 4.46. The number of aromatic carboxylic acids is 1. The van der Waals surface area contributed by atoms with Crippen molar-refractivity contribution in [2.45, 2.75) is 13.8 Å². The fourth-order valence-corrected chi connectivity index (χ4v) is 1.94. The smallest absolute Gasteiger partial charge is 0.339 e. The highest BCUT2D eigenvalue weighted by Gasteiger charge is 2.21. The number of carbonyl (C=O) groups excluding carboxylic acids is 1. The summed E-state index contributed by atoms with van der Waals surface area (Å²) in [7, 11) is 1.51. The van der Waals surface area contributed by atoms with Crippen molar-refractivity contribution in [3.05, 3.63) is 40.8 Å². The Hall–Kier alpha value is -2.70. The molecule has 0 aliphatic rings. The maximum absolute atomic E-state index is 12.2. The average Bonchev–Trinajstić information content (AvgIpc) is 2.69. The second kappa shape index (κ2) is 5.12. The number of nitrogens with zero attached hydrogens (tertiary/aromatic N) is 3. The van der Waals surface area contributed by atoms with Gasteiger partial charge in [-0.05, 0) is 31.5 Å². The summed E-state index contributed by atoms with van der Waals surface area (Å²) in [4.78, 5) is 27.4. The summed E-state index contributed by atoms with van der Waals surface area (Å²) in [5.41, 5.74) is 1.56. The minimum absolute atomic E-state index is 0.0153. The molecule has 7 nitrogen and oxygen atoms in total. The molecule has 0 saturated carbocycles. The summed E-state index contributed by atoms with van der Waals surface area (Å²) in [6.45, 7) is 3.70. The van der Waals surface area contributed by atoms with Crippen LogP contribution in [-0.4, -0.2) is 31.7 Å². The predicted octanol–water partition coefficient (Wildman–Crippen LogP) is 1.38. The number of aromatic nitrogens is 3. The molecule has 7 heteroatoms. The number of anilines is 1. The minimum atomic E-state index is -1.20. The summed E-state index contributed by atoms with van der Waals surface area (Å²) in [5.74, 6) is -1.37. The Morgan fingerprint density at radius 2 is 2.00 bits per heavy atom. The van der Waals surface area contributed by atoms with Crippen LogP contribution in [0.5, 0.6) is 0 Å². The highest BCUT2D eigenvalue weighted by Crippen LogP contribution is 2.13. The fourth-order valence-electron chi connectivity index (χ4n) is 1.94. The molecule has 0 saturated heterocycles. The predicted molar refractivity (Wildman–Crippen MR) is 71.8 cm³/mol. The van der Waals surface area contributed by atoms with Crippen LogP contribution in [0, 0.1) is 13.8 Å². The van der Waals surface area contributed by atoms with Gasteiger partial charge >= 0.3 is 5.97 Å². The van der Waals surface area contributed by atoms with Crippen molar-refractivity contribution in [2.24, 2.45) is 7.05 Å². The zero-order valence-electron chi connectivity index (χ0n) is 11.3. The van der Waals surface area contributed by atoms with Crippen LogP contribution < -0.4 is 5.32 Å². The highest BCUT2D eigenvalue weighted by atomic mass is 16.4. The Balaban J connectivity index is 2.33. The van der Waals surface area contributed by atoms with E-state index in [1.165, 1.54) is 11.7 Å². The van der Waals surface area contributed by atoms with Crippen molar-refractivity contribution in [3.63, 3.8) is 0 Å². The summed E-state index contributed by atoms with van der Waals surface area (Å²) in [5, 5.41) is 15.4. The first kappa shape index (κ1) is 13.7. The lowest BCUT2D eigenvalue weighted by Gasteiger charge is -2.07. The molecule has 2 aromatic rings. The van der Waals surface area contributed by atoms with Crippen molar-refractivity contribution in [3.8, 4) is 0 Å². The standard InChI is InChI=1S/C13H14N4O3/c1-7-4-8(2)15-10(5-7)16-12(18)11-9(13(19)20)6-14-17(11)3/h4-6H,1-3H3,(H,19,20)(H,15,16,18). The van der Waals surface area contributed by atoms with E-state index in [2.05, 4.69) is 15.4 Å². The van der Waals surface area contributed by atoms with E-state index in [1.807, 2.05) is 19.9 Å². The van der Waals surface area contributed by atoms with E-state index in [0.29, 0.717) is 5.82 Å².